The summed E-state index contributed by atoms with van der Waals surface area (Å²) in [7, 11) is 1.34. The first-order chi connectivity index (χ1) is 18.1. The van der Waals surface area contributed by atoms with Crippen molar-refractivity contribution in [2.45, 2.75) is 56.3 Å². The molecule has 0 amide bonds. The Hall–Kier alpha value is -3.50. The number of ether oxygens (including phenoxy) is 2. The molecule has 0 saturated carbocycles. The van der Waals surface area contributed by atoms with Gasteiger partial charge in [-0.15, -0.1) is 0 Å². The minimum absolute atomic E-state index is 0.111. The van der Waals surface area contributed by atoms with Gasteiger partial charge < -0.3 is 9.47 Å². The van der Waals surface area contributed by atoms with E-state index in [-0.39, 0.29) is 23.1 Å². The number of nitriles is 1. The van der Waals surface area contributed by atoms with Gasteiger partial charge in [-0.25, -0.2) is 0 Å². The standard InChI is InChI=1S/C31H33F3N2O2/c1-29(2,15-16-30(22-35,23-10-6-4-7-11-23)24-12-8-5-9-13-24)36-17-14-26(21-36)38-28-19-25(31(32,33)34)18-27(20-28)37-3/h4-13,18-20,26H,14-17,21H2,1-3H3. The molecule has 0 aromatic heterocycles. The van der Waals surface area contributed by atoms with Gasteiger partial charge in [-0.05, 0) is 56.4 Å². The summed E-state index contributed by atoms with van der Waals surface area (Å²) in [6, 6.07) is 25.9. The van der Waals surface area contributed by atoms with Gasteiger partial charge in [0.2, 0.25) is 0 Å². The Kier molecular flexibility index (Phi) is 8.03. The second-order valence-corrected chi connectivity index (χ2v) is 10.4. The fourth-order valence-corrected chi connectivity index (χ4v) is 5.23. The topological polar surface area (TPSA) is 45.5 Å². The molecule has 1 saturated heterocycles. The summed E-state index contributed by atoms with van der Waals surface area (Å²) in [6.45, 7) is 5.65. The van der Waals surface area contributed by atoms with Crippen molar-refractivity contribution in [2.75, 3.05) is 20.2 Å². The van der Waals surface area contributed by atoms with E-state index in [0.717, 1.165) is 36.2 Å². The maximum atomic E-state index is 13.3. The molecule has 3 aromatic rings. The highest BCUT2D eigenvalue weighted by Crippen LogP contribution is 2.40. The summed E-state index contributed by atoms with van der Waals surface area (Å²) in [5, 5.41) is 10.5. The van der Waals surface area contributed by atoms with E-state index in [1.807, 2.05) is 60.7 Å². The van der Waals surface area contributed by atoms with Crippen molar-refractivity contribution in [3.63, 3.8) is 0 Å². The maximum absolute atomic E-state index is 13.3. The van der Waals surface area contributed by atoms with E-state index >= 15 is 0 Å². The van der Waals surface area contributed by atoms with Crippen molar-refractivity contribution in [1.29, 1.82) is 5.26 Å². The first-order valence-corrected chi connectivity index (χ1v) is 12.8. The molecule has 7 heteroatoms. The molecule has 38 heavy (non-hydrogen) atoms. The Balaban J connectivity index is 1.49. The largest absolute Gasteiger partial charge is 0.497 e. The average Bonchev–Trinajstić information content (AvgIpc) is 3.39. The summed E-state index contributed by atoms with van der Waals surface area (Å²) >= 11 is 0. The monoisotopic (exact) mass is 522 g/mol. The number of halogens is 3. The highest BCUT2D eigenvalue weighted by Gasteiger charge is 2.40. The fraction of sp³-hybridized carbons (Fsp3) is 0.387. The molecule has 3 aromatic carbocycles. The third kappa shape index (κ3) is 5.97. The first kappa shape index (κ1) is 27.5. The Morgan fingerprint density at radius 3 is 1.97 bits per heavy atom. The molecule has 0 aliphatic carbocycles. The Labute approximate surface area is 222 Å². The molecule has 0 bridgehead atoms. The lowest BCUT2D eigenvalue weighted by molar-refractivity contribution is -0.137. The number of alkyl halides is 3. The second-order valence-electron chi connectivity index (χ2n) is 10.4. The van der Waals surface area contributed by atoms with Crippen LogP contribution in [0.3, 0.4) is 0 Å². The molecule has 1 unspecified atom stereocenters. The van der Waals surface area contributed by atoms with Gasteiger partial charge in [-0.3, -0.25) is 4.90 Å². The van der Waals surface area contributed by atoms with Crippen LogP contribution in [0.5, 0.6) is 11.5 Å². The summed E-state index contributed by atoms with van der Waals surface area (Å²) in [5.41, 5.74) is 0.0900. The number of methoxy groups -OCH3 is 1. The van der Waals surface area contributed by atoms with E-state index in [1.165, 1.54) is 13.2 Å². The molecule has 1 aliphatic rings. The van der Waals surface area contributed by atoms with Gasteiger partial charge in [0.1, 0.15) is 23.0 Å². The van der Waals surface area contributed by atoms with E-state index in [0.29, 0.717) is 19.4 Å². The van der Waals surface area contributed by atoms with Crippen LogP contribution in [0.15, 0.2) is 78.9 Å². The molecule has 0 N–H and O–H groups in total. The molecular weight excluding hydrogens is 489 g/mol. The van der Waals surface area contributed by atoms with E-state index in [9.17, 15) is 18.4 Å². The van der Waals surface area contributed by atoms with Crippen molar-refractivity contribution in [3.05, 3.63) is 95.6 Å². The predicted molar refractivity (Wildman–Crippen MR) is 141 cm³/mol. The van der Waals surface area contributed by atoms with Gasteiger partial charge in [0.05, 0.1) is 18.7 Å². The van der Waals surface area contributed by atoms with Gasteiger partial charge in [-0.2, -0.15) is 18.4 Å². The van der Waals surface area contributed by atoms with Gasteiger partial charge in [0, 0.05) is 24.7 Å². The lowest BCUT2D eigenvalue weighted by Gasteiger charge is -2.38. The number of rotatable bonds is 9. The molecule has 200 valence electrons. The van der Waals surface area contributed by atoms with Gasteiger partial charge >= 0.3 is 6.18 Å². The zero-order valence-electron chi connectivity index (χ0n) is 22.0. The second kappa shape index (κ2) is 11.1. The third-order valence-electron chi connectivity index (χ3n) is 7.58. The molecule has 4 rings (SSSR count). The SMILES string of the molecule is COc1cc(OC2CCN(C(C)(C)CCC(C#N)(c3ccccc3)c3ccccc3)C2)cc(C(F)(F)F)c1. The minimum Gasteiger partial charge on any atom is -0.497 e. The van der Waals surface area contributed by atoms with E-state index < -0.39 is 17.2 Å². The van der Waals surface area contributed by atoms with E-state index in [1.54, 1.807) is 0 Å². The van der Waals surface area contributed by atoms with Crippen molar-refractivity contribution in [2.24, 2.45) is 0 Å². The van der Waals surface area contributed by atoms with E-state index in [2.05, 4.69) is 24.8 Å². The average molecular weight is 523 g/mol. The number of nitrogens with zero attached hydrogens (tertiary/aromatic N) is 2. The lowest BCUT2D eigenvalue weighted by Crippen LogP contribution is -2.44. The van der Waals surface area contributed by atoms with Crippen LogP contribution in [0.25, 0.3) is 0 Å². The van der Waals surface area contributed by atoms with Gasteiger partial charge in [0.25, 0.3) is 0 Å². The first-order valence-electron chi connectivity index (χ1n) is 12.8. The number of hydrogen-bond acceptors (Lipinski definition) is 4. The third-order valence-corrected chi connectivity index (χ3v) is 7.58. The molecule has 1 fully saturated rings. The lowest BCUT2D eigenvalue weighted by atomic mass is 9.70. The van der Waals surface area contributed by atoms with Crippen molar-refractivity contribution < 1.29 is 22.6 Å². The zero-order chi connectivity index (χ0) is 27.4. The van der Waals surface area contributed by atoms with Crippen LogP contribution in [-0.4, -0.2) is 36.7 Å². The smallest absolute Gasteiger partial charge is 0.416 e. The molecule has 1 atom stereocenters. The normalized spacial score (nSPS) is 16.7. The van der Waals surface area contributed by atoms with Crippen molar-refractivity contribution in [1.82, 2.24) is 4.90 Å². The quantitative estimate of drug-likeness (QED) is 0.297. The Morgan fingerprint density at radius 2 is 1.45 bits per heavy atom. The van der Waals surface area contributed by atoms with Gasteiger partial charge in [-0.1, -0.05) is 60.7 Å². The summed E-state index contributed by atoms with van der Waals surface area (Å²) < 4.78 is 51.1. The summed E-state index contributed by atoms with van der Waals surface area (Å²) in [6.07, 6.45) is -2.66. The highest BCUT2D eigenvalue weighted by molar-refractivity contribution is 5.46. The predicted octanol–water partition coefficient (Wildman–Crippen LogP) is 7.24. The fourth-order valence-electron chi connectivity index (χ4n) is 5.23. The molecule has 0 spiro atoms. The number of hydrogen-bond donors (Lipinski definition) is 0. The number of benzene rings is 3. The van der Waals surface area contributed by atoms with Crippen LogP contribution in [0.2, 0.25) is 0 Å². The molecule has 4 nitrogen and oxygen atoms in total. The Bertz CT molecular complexity index is 1210. The summed E-state index contributed by atoms with van der Waals surface area (Å²) in [4.78, 5) is 2.31. The van der Waals surface area contributed by atoms with Crippen LogP contribution in [-0.2, 0) is 11.6 Å². The van der Waals surface area contributed by atoms with Crippen LogP contribution in [0.1, 0.15) is 49.8 Å². The van der Waals surface area contributed by atoms with Crippen molar-refractivity contribution >= 4 is 0 Å². The zero-order valence-corrected chi connectivity index (χ0v) is 22.0. The highest BCUT2D eigenvalue weighted by atomic mass is 19.4. The van der Waals surface area contributed by atoms with Crippen LogP contribution < -0.4 is 9.47 Å². The molecular formula is C31H33F3N2O2. The van der Waals surface area contributed by atoms with Crippen LogP contribution >= 0.6 is 0 Å². The minimum atomic E-state index is -4.49. The molecule has 1 heterocycles. The van der Waals surface area contributed by atoms with E-state index in [4.69, 9.17) is 9.47 Å². The number of likely N-dealkylation sites (tertiary alicyclic amines) is 1. The van der Waals surface area contributed by atoms with Crippen molar-refractivity contribution in [3.8, 4) is 17.6 Å². The maximum Gasteiger partial charge on any atom is 0.416 e. The molecule has 1 aliphatic heterocycles. The van der Waals surface area contributed by atoms with Gasteiger partial charge in [0.15, 0.2) is 0 Å². The molecule has 0 radical (unpaired) electrons. The van der Waals surface area contributed by atoms with Crippen LogP contribution in [0.4, 0.5) is 13.2 Å². The summed E-state index contributed by atoms with van der Waals surface area (Å²) in [5.74, 6) is 0.262. The van der Waals surface area contributed by atoms with Crippen LogP contribution in [0, 0.1) is 11.3 Å². The Morgan fingerprint density at radius 1 is 0.868 bits per heavy atom.